The average Bonchev–Trinajstić information content (AvgIpc) is 1.94. The largest absolute Gasteiger partial charge is 0.352 e. The van der Waals surface area contributed by atoms with Gasteiger partial charge in [-0.1, -0.05) is 40.4 Å². The lowest BCUT2D eigenvalue weighted by molar-refractivity contribution is -0.120. The van der Waals surface area contributed by atoms with E-state index in [-0.39, 0.29) is 16.9 Å². The molecule has 1 radical (unpaired) electrons. The van der Waals surface area contributed by atoms with Gasteiger partial charge in [-0.15, -0.1) is 0 Å². The zero-order valence-corrected chi connectivity index (χ0v) is 12.0. The Labute approximate surface area is 102 Å². The molecule has 93 valence electrons. The molecule has 0 unspecified atom stereocenters. The van der Waals surface area contributed by atoms with Crippen LogP contribution in [-0.2, 0) is 4.79 Å². The van der Waals surface area contributed by atoms with Crippen LogP contribution in [0.5, 0.6) is 0 Å². The van der Waals surface area contributed by atoms with Crippen molar-refractivity contribution < 1.29 is 4.79 Å². The summed E-state index contributed by atoms with van der Waals surface area (Å²) in [7, 11) is 2.04. The molecule has 0 fully saturated rings. The van der Waals surface area contributed by atoms with Crippen LogP contribution >= 0.6 is 0 Å². The van der Waals surface area contributed by atoms with Crippen LogP contribution in [0.2, 0.25) is 12.1 Å². The van der Waals surface area contributed by atoms with Crippen LogP contribution in [0.1, 0.15) is 54.9 Å². The van der Waals surface area contributed by atoms with E-state index in [1.165, 1.54) is 0 Å². The highest BCUT2D eigenvalue weighted by molar-refractivity contribution is 6.42. The van der Waals surface area contributed by atoms with E-state index in [2.05, 4.69) is 53.8 Å². The van der Waals surface area contributed by atoms with Gasteiger partial charge in [-0.25, -0.2) is 0 Å². The fourth-order valence-electron chi connectivity index (χ4n) is 2.14. The van der Waals surface area contributed by atoms with Gasteiger partial charge in [0.2, 0.25) is 5.91 Å². The molecule has 0 aromatic heterocycles. The molecule has 0 aliphatic carbocycles. The predicted octanol–water partition coefficient (Wildman–Crippen LogP) is 3.27. The van der Waals surface area contributed by atoms with Crippen LogP contribution in [-0.4, -0.2) is 18.7 Å². The van der Waals surface area contributed by atoms with Gasteiger partial charge in [-0.2, -0.15) is 0 Å². The molecule has 0 aliphatic heterocycles. The summed E-state index contributed by atoms with van der Waals surface area (Å²) in [5.41, 5.74) is 0.110. The van der Waals surface area contributed by atoms with E-state index in [1.54, 1.807) is 0 Å². The number of hydrogen-bond donors (Lipinski definition) is 1. The number of nitrogens with one attached hydrogen (secondary N) is 1. The Hall–Kier alpha value is -0.465. The first kappa shape index (κ1) is 15.5. The number of carbonyl (C=O) groups excluding carboxylic acids is 1. The molecule has 1 N–H and O–H groups in total. The lowest BCUT2D eigenvalue weighted by Crippen LogP contribution is -2.46. The van der Waals surface area contributed by atoms with Crippen molar-refractivity contribution >= 4 is 13.2 Å². The topological polar surface area (TPSA) is 29.1 Å². The molecular formula is C13H27BNO. The summed E-state index contributed by atoms with van der Waals surface area (Å²) < 4.78 is 0. The first-order valence-electron chi connectivity index (χ1n) is 6.16. The van der Waals surface area contributed by atoms with Gasteiger partial charge in [0, 0.05) is 5.54 Å². The minimum absolute atomic E-state index is 0.125. The maximum atomic E-state index is 11.7. The Morgan fingerprint density at radius 2 is 1.69 bits per heavy atom. The fourth-order valence-corrected chi connectivity index (χ4v) is 2.14. The summed E-state index contributed by atoms with van der Waals surface area (Å²) in [5.74, 6) is 0.597. The first-order chi connectivity index (χ1) is 7.02. The molecule has 3 heteroatoms. The summed E-state index contributed by atoms with van der Waals surface area (Å²) in [6, 6.07) is 0. The predicted molar refractivity (Wildman–Crippen MR) is 72.0 cm³/mol. The third-order valence-corrected chi connectivity index (χ3v) is 2.22. The molecule has 0 rings (SSSR count). The van der Waals surface area contributed by atoms with E-state index in [4.69, 9.17) is 0 Å². The summed E-state index contributed by atoms with van der Waals surface area (Å²) >= 11 is 0. The number of carbonyl (C=O) groups is 1. The zero-order chi connectivity index (χ0) is 13.0. The summed E-state index contributed by atoms with van der Waals surface area (Å²) in [5, 5.41) is 3.10. The number of amides is 1. The molecule has 16 heavy (non-hydrogen) atoms. The van der Waals surface area contributed by atoms with E-state index in [1.807, 2.05) is 7.28 Å². The van der Waals surface area contributed by atoms with Gasteiger partial charge in [0.05, 0.1) is 0 Å². The van der Waals surface area contributed by atoms with Gasteiger partial charge in [0.15, 0.2) is 0 Å². The van der Waals surface area contributed by atoms with Crippen molar-refractivity contribution in [3.8, 4) is 0 Å². The van der Waals surface area contributed by atoms with Crippen LogP contribution in [0.4, 0.5) is 0 Å². The Bertz CT molecular complexity index is 229. The van der Waals surface area contributed by atoms with Crippen molar-refractivity contribution in [1.82, 2.24) is 5.32 Å². The molecule has 0 saturated heterocycles. The molecule has 0 heterocycles. The second kappa shape index (κ2) is 5.74. The molecule has 0 bridgehead atoms. The van der Waals surface area contributed by atoms with Crippen LogP contribution in [0.3, 0.4) is 0 Å². The van der Waals surface area contributed by atoms with Gasteiger partial charge in [0.25, 0.3) is 0 Å². The van der Waals surface area contributed by atoms with E-state index >= 15 is 0 Å². The minimum atomic E-state index is -0.125. The molecular weight excluding hydrogens is 197 g/mol. The van der Waals surface area contributed by atoms with Crippen LogP contribution in [0.25, 0.3) is 0 Å². The van der Waals surface area contributed by atoms with E-state index in [0.29, 0.717) is 12.1 Å². The fraction of sp³-hybridized carbons (Fsp3) is 0.923. The molecule has 0 spiro atoms. The van der Waals surface area contributed by atoms with Crippen molar-refractivity contribution in [3.05, 3.63) is 0 Å². The summed E-state index contributed by atoms with van der Waals surface area (Å²) in [6.45, 7) is 14.9. The van der Waals surface area contributed by atoms with Crippen molar-refractivity contribution in [2.45, 2.75) is 72.6 Å². The maximum absolute atomic E-state index is 11.7. The van der Waals surface area contributed by atoms with Gasteiger partial charge < -0.3 is 5.32 Å². The number of rotatable bonds is 5. The zero-order valence-electron chi connectivity index (χ0n) is 12.0. The first-order valence-corrected chi connectivity index (χ1v) is 6.16. The Morgan fingerprint density at radius 3 is 2.06 bits per heavy atom. The van der Waals surface area contributed by atoms with Gasteiger partial charge >= 0.3 is 0 Å². The minimum Gasteiger partial charge on any atom is -0.352 e. The van der Waals surface area contributed by atoms with E-state index in [0.717, 1.165) is 6.42 Å². The second-order valence-electron chi connectivity index (χ2n) is 6.85. The standard InChI is InChI=1S/C13H27BNO/c1-10(2)14-8-11(16)15-13(6,7)9-12(3,4)5/h10H,8-9H2,1-7H3,(H,15,16). The number of hydrogen-bond acceptors (Lipinski definition) is 1. The monoisotopic (exact) mass is 224 g/mol. The van der Waals surface area contributed by atoms with Gasteiger partial charge in [-0.3, -0.25) is 4.79 Å². The van der Waals surface area contributed by atoms with Gasteiger partial charge in [-0.05, 0) is 32.0 Å². The summed E-state index contributed by atoms with van der Waals surface area (Å²) in [6.07, 6.45) is 1.50. The van der Waals surface area contributed by atoms with Crippen molar-refractivity contribution in [2.24, 2.45) is 5.41 Å². The SMILES string of the molecule is CC(C)[B]CC(=O)NC(C)(C)CC(C)(C)C. The van der Waals surface area contributed by atoms with Crippen LogP contribution in [0, 0.1) is 5.41 Å². The molecule has 2 nitrogen and oxygen atoms in total. The van der Waals surface area contributed by atoms with Crippen LogP contribution < -0.4 is 5.32 Å². The van der Waals surface area contributed by atoms with Crippen molar-refractivity contribution in [1.29, 1.82) is 0 Å². The molecule has 0 aliphatic rings. The summed E-state index contributed by atoms with van der Waals surface area (Å²) in [4.78, 5) is 11.7. The quantitative estimate of drug-likeness (QED) is 0.713. The highest BCUT2D eigenvalue weighted by Gasteiger charge is 2.26. The van der Waals surface area contributed by atoms with E-state index < -0.39 is 0 Å². The normalized spacial score (nSPS) is 12.8. The average molecular weight is 224 g/mol. The Balaban J connectivity index is 4.10. The third-order valence-electron chi connectivity index (χ3n) is 2.22. The molecule has 0 aromatic carbocycles. The Morgan fingerprint density at radius 1 is 1.19 bits per heavy atom. The highest BCUT2D eigenvalue weighted by atomic mass is 16.1. The Kier molecular flexibility index (Phi) is 5.57. The van der Waals surface area contributed by atoms with E-state index in [9.17, 15) is 4.79 Å². The lowest BCUT2D eigenvalue weighted by Gasteiger charge is -2.33. The molecule has 0 saturated carbocycles. The van der Waals surface area contributed by atoms with Crippen molar-refractivity contribution in [2.75, 3.05) is 0 Å². The smallest absolute Gasteiger partial charge is 0.212 e. The van der Waals surface area contributed by atoms with Crippen LogP contribution in [0.15, 0.2) is 0 Å². The third kappa shape index (κ3) is 8.81. The molecule has 1 amide bonds. The maximum Gasteiger partial charge on any atom is 0.212 e. The van der Waals surface area contributed by atoms with Gasteiger partial charge in [0.1, 0.15) is 7.28 Å². The molecule has 0 aromatic rings. The van der Waals surface area contributed by atoms with Crippen molar-refractivity contribution in [3.63, 3.8) is 0 Å². The second-order valence-corrected chi connectivity index (χ2v) is 6.85. The molecule has 0 atom stereocenters. The lowest BCUT2D eigenvalue weighted by atomic mass is 9.63. The highest BCUT2D eigenvalue weighted by Crippen LogP contribution is 2.26.